The van der Waals surface area contributed by atoms with Crippen molar-refractivity contribution in [3.05, 3.63) is 59.7 Å². The molecular weight excluding hydrogens is 383 g/mol. The fourth-order valence-electron chi connectivity index (χ4n) is 1.71. The van der Waals surface area contributed by atoms with Gasteiger partial charge in [0.1, 0.15) is 22.7 Å². The van der Waals surface area contributed by atoms with E-state index in [2.05, 4.69) is 0 Å². The quantitative estimate of drug-likeness (QED) is 0.422. The summed E-state index contributed by atoms with van der Waals surface area (Å²) in [5.74, 6) is 1.19. The van der Waals surface area contributed by atoms with Crippen LogP contribution in [0, 0.1) is 0 Å². The zero-order chi connectivity index (χ0) is 15.1. The summed E-state index contributed by atoms with van der Waals surface area (Å²) in [6, 6.07) is 14.6. The smallest absolute Gasteiger partial charge is 0.338 e. The molecule has 2 aromatic rings. The number of hydrogen-bond donors (Lipinski definition) is 0. The third-order valence-electron chi connectivity index (χ3n) is 2.84. The number of carbonyl (C=O) groups is 1. The molecule has 0 bridgehead atoms. The van der Waals surface area contributed by atoms with Gasteiger partial charge in [-0.15, -0.1) is 0 Å². The average molecular weight is 398 g/mol. The molecule has 0 aromatic heterocycles. The molecule has 5 heteroatoms. The number of hydrogen-bond acceptors (Lipinski definition) is 4. The van der Waals surface area contributed by atoms with Crippen LogP contribution in [0.5, 0.6) is 11.5 Å². The maximum Gasteiger partial charge on any atom is 0.338 e. The zero-order valence-corrected chi connectivity index (χ0v) is 13.7. The Morgan fingerprint density at radius 1 is 1.00 bits per heavy atom. The van der Waals surface area contributed by atoms with Gasteiger partial charge in [0.2, 0.25) is 0 Å². The second-order valence-corrected chi connectivity index (χ2v) is 4.82. The number of benzene rings is 2. The fourth-order valence-corrected chi connectivity index (χ4v) is 1.99. The van der Waals surface area contributed by atoms with Crippen molar-refractivity contribution in [1.29, 1.82) is 0 Å². The van der Waals surface area contributed by atoms with Crippen LogP contribution in [0.15, 0.2) is 48.5 Å². The largest absolute Gasteiger partial charge is 0.497 e. The second kappa shape index (κ2) is 7.87. The van der Waals surface area contributed by atoms with Crippen molar-refractivity contribution in [2.24, 2.45) is 0 Å². The molecule has 0 fully saturated rings. The summed E-state index contributed by atoms with van der Waals surface area (Å²) >= 11 is 1.98. The zero-order valence-electron chi connectivity index (χ0n) is 11.5. The maximum atomic E-state index is 11.5. The first-order valence-electron chi connectivity index (χ1n) is 6.32. The Balaban J connectivity index is 1.92. The molecule has 0 N–H and O–H groups in total. The van der Waals surface area contributed by atoms with E-state index in [0.717, 1.165) is 11.3 Å². The van der Waals surface area contributed by atoms with E-state index in [1.54, 1.807) is 31.4 Å². The highest BCUT2D eigenvalue weighted by molar-refractivity contribution is 14.1. The van der Waals surface area contributed by atoms with Gasteiger partial charge in [-0.1, -0.05) is 12.1 Å². The van der Waals surface area contributed by atoms with Gasteiger partial charge in [0.15, 0.2) is 0 Å². The van der Waals surface area contributed by atoms with E-state index < -0.39 is 0 Å². The topological polar surface area (TPSA) is 44.8 Å². The van der Waals surface area contributed by atoms with E-state index in [1.165, 1.54) is 0 Å². The number of rotatable bonds is 6. The normalized spacial score (nSPS) is 10.0. The molecule has 0 aliphatic rings. The fraction of sp³-hybridized carbons (Fsp3) is 0.188. The van der Waals surface area contributed by atoms with Gasteiger partial charge < -0.3 is 14.2 Å². The van der Waals surface area contributed by atoms with Gasteiger partial charge in [0.05, 0.1) is 12.7 Å². The summed E-state index contributed by atoms with van der Waals surface area (Å²) in [5.41, 5.74) is 1.56. The lowest BCUT2D eigenvalue weighted by molar-refractivity contribution is 0.0590. The average Bonchev–Trinajstić information content (AvgIpc) is 2.54. The minimum Gasteiger partial charge on any atom is -0.497 e. The Hall–Kier alpha value is -1.76. The van der Waals surface area contributed by atoms with Crippen LogP contribution in [0.3, 0.4) is 0 Å². The lowest BCUT2D eigenvalue weighted by atomic mass is 10.2. The van der Waals surface area contributed by atoms with Crippen molar-refractivity contribution in [2.45, 2.75) is 6.61 Å². The van der Waals surface area contributed by atoms with E-state index in [0.29, 0.717) is 22.5 Å². The molecule has 0 spiro atoms. The van der Waals surface area contributed by atoms with Gasteiger partial charge in [0, 0.05) is 0 Å². The summed E-state index contributed by atoms with van der Waals surface area (Å²) in [7, 11) is 1.64. The van der Waals surface area contributed by atoms with E-state index in [4.69, 9.17) is 14.2 Å². The van der Waals surface area contributed by atoms with E-state index >= 15 is 0 Å². The third-order valence-corrected chi connectivity index (χ3v) is 3.15. The van der Waals surface area contributed by atoms with Crippen LogP contribution < -0.4 is 9.47 Å². The number of carbonyl (C=O) groups excluding carboxylic acids is 1. The van der Waals surface area contributed by atoms with E-state index in [-0.39, 0.29) is 5.97 Å². The number of methoxy groups -OCH3 is 1. The molecule has 110 valence electrons. The lowest BCUT2D eigenvalue weighted by Crippen LogP contribution is -2.03. The highest BCUT2D eigenvalue weighted by Gasteiger charge is 2.06. The number of esters is 1. The van der Waals surface area contributed by atoms with Crippen molar-refractivity contribution in [3.63, 3.8) is 0 Å². The van der Waals surface area contributed by atoms with Crippen molar-refractivity contribution in [2.75, 3.05) is 11.7 Å². The van der Waals surface area contributed by atoms with Gasteiger partial charge in [0.25, 0.3) is 0 Å². The second-order valence-electron chi connectivity index (χ2n) is 4.20. The predicted molar refractivity (Wildman–Crippen MR) is 88.1 cm³/mol. The molecular formula is C16H15IO4. The first-order chi connectivity index (χ1) is 10.2. The Morgan fingerprint density at radius 3 is 2.19 bits per heavy atom. The third kappa shape index (κ3) is 4.63. The molecule has 0 atom stereocenters. The molecule has 0 unspecified atom stereocenters. The highest BCUT2D eigenvalue weighted by atomic mass is 127. The Kier molecular flexibility index (Phi) is 5.86. The molecule has 0 saturated heterocycles. The molecule has 0 amide bonds. The first kappa shape index (κ1) is 15.6. The minimum absolute atomic E-state index is 0.328. The molecule has 0 aliphatic carbocycles. The summed E-state index contributed by atoms with van der Waals surface area (Å²) in [5, 5.41) is 0. The molecule has 0 saturated carbocycles. The minimum atomic E-state index is -0.328. The summed E-state index contributed by atoms with van der Waals surface area (Å²) in [6.07, 6.45) is 0. The first-order valence-corrected chi connectivity index (χ1v) is 7.84. The standard InChI is InChI=1S/C16H15IO4/c1-19-14-6-2-12(3-7-14)10-20-15-8-4-13(5-9-15)16(18)21-11-17/h2-9H,10-11H2,1H3. The van der Waals surface area contributed by atoms with Crippen LogP contribution in [0.25, 0.3) is 0 Å². The van der Waals surface area contributed by atoms with Crippen LogP contribution in [0.1, 0.15) is 15.9 Å². The van der Waals surface area contributed by atoms with Crippen LogP contribution in [0.2, 0.25) is 0 Å². The predicted octanol–water partition coefficient (Wildman–Crippen LogP) is 3.82. The summed E-state index contributed by atoms with van der Waals surface area (Å²) < 4.78 is 16.0. The van der Waals surface area contributed by atoms with E-state index in [1.807, 2.05) is 46.9 Å². The lowest BCUT2D eigenvalue weighted by Gasteiger charge is -2.08. The Morgan fingerprint density at radius 2 is 1.62 bits per heavy atom. The Labute approximate surface area is 137 Å². The van der Waals surface area contributed by atoms with Gasteiger partial charge in [-0.2, -0.15) is 0 Å². The molecule has 2 aromatic carbocycles. The monoisotopic (exact) mass is 398 g/mol. The molecule has 0 heterocycles. The van der Waals surface area contributed by atoms with Crippen LogP contribution >= 0.6 is 22.6 Å². The van der Waals surface area contributed by atoms with Crippen molar-refractivity contribution in [3.8, 4) is 11.5 Å². The summed E-state index contributed by atoms with van der Waals surface area (Å²) in [4.78, 5) is 11.5. The van der Waals surface area contributed by atoms with Crippen LogP contribution in [-0.4, -0.2) is 17.7 Å². The number of ether oxygens (including phenoxy) is 3. The molecule has 0 radical (unpaired) electrons. The molecule has 21 heavy (non-hydrogen) atoms. The molecule has 4 nitrogen and oxygen atoms in total. The van der Waals surface area contributed by atoms with Gasteiger partial charge >= 0.3 is 5.97 Å². The van der Waals surface area contributed by atoms with Crippen molar-refractivity contribution in [1.82, 2.24) is 0 Å². The van der Waals surface area contributed by atoms with Crippen LogP contribution in [-0.2, 0) is 11.3 Å². The SMILES string of the molecule is COc1ccc(COc2ccc(C(=O)OCI)cc2)cc1. The summed E-state index contributed by atoms with van der Waals surface area (Å²) in [6.45, 7) is 0.460. The van der Waals surface area contributed by atoms with Crippen molar-refractivity contribution < 1.29 is 19.0 Å². The van der Waals surface area contributed by atoms with Gasteiger partial charge in [-0.05, 0) is 64.6 Å². The maximum absolute atomic E-state index is 11.5. The highest BCUT2D eigenvalue weighted by Crippen LogP contribution is 2.16. The van der Waals surface area contributed by atoms with Crippen LogP contribution in [0.4, 0.5) is 0 Å². The number of alkyl halides is 1. The van der Waals surface area contributed by atoms with Gasteiger partial charge in [-0.25, -0.2) is 4.79 Å². The number of halogens is 1. The molecule has 0 aliphatic heterocycles. The van der Waals surface area contributed by atoms with Gasteiger partial charge in [-0.3, -0.25) is 0 Å². The molecule has 2 rings (SSSR count). The van der Waals surface area contributed by atoms with Crippen molar-refractivity contribution >= 4 is 28.6 Å². The van der Waals surface area contributed by atoms with E-state index in [9.17, 15) is 4.79 Å². The Bertz CT molecular complexity index is 578.